The minimum atomic E-state index is -0.0903. The van der Waals surface area contributed by atoms with Crippen molar-refractivity contribution in [2.24, 2.45) is 0 Å². The highest BCUT2D eigenvalue weighted by Crippen LogP contribution is 2.10. The van der Waals surface area contributed by atoms with Crippen LogP contribution < -0.4 is 15.4 Å². The molecule has 130 valence electrons. The van der Waals surface area contributed by atoms with Crippen molar-refractivity contribution in [1.29, 1.82) is 0 Å². The molecule has 23 heavy (non-hydrogen) atoms. The quantitative estimate of drug-likeness (QED) is 0.706. The van der Waals surface area contributed by atoms with E-state index >= 15 is 0 Å². The van der Waals surface area contributed by atoms with Crippen molar-refractivity contribution in [2.75, 3.05) is 46.9 Å². The molecule has 1 heterocycles. The number of hydrogen-bond acceptors (Lipinski definition) is 5. The van der Waals surface area contributed by atoms with E-state index in [1.165, 1.54) is 5.56 Å². The summed E-state index contributed by atoms with van der Waals surface area (Å²) in [5.41, 5.74) is 1.17. The average Bonchev–Trinajstić information content (AvgIpc) is 2.98. The molecule has 1 fully saturated rings. The molecule has 1 unspecified atom stereocenters. The van der Waals surface area contributed by atoms with Crippen LogP contribution in [0.4, 0.5) is 0 Å². The van der Waals surface area contributed by atoms with E-state index in [0.717, 1.165) is 31.8 Å². The van der Waals surface area contributed by atoms with Crippen LogP contribution in [-0.4, -0.2) is 68.9 Å². The minimum absolute atomic E-state index is 0.0648. The van der Waals surface area contributed by atoms with Gasteiger partial charge in [-0.15, -0.1) is 0 Å². The molecule has 6 nitrogen and oxygen atoms in total. The molecule has 1 aliphatic rings. The predicted octanol–water partition coefficient (Wildman–Crippen LogP) is 0.392. The average molecular weight is 323 g/mol. The summed E-state index contributed by atoms with van der Waals surface area (Å²) in [6.07, 6.45) is 0.866. The van der Waals surface area contributed by atoms with Gasteiger partial charge in [-0.1, -0.05) is 17.7 Å². The van der Waals surface area contributed by atoms with Crippen molar-refractivity contribution in [3.05, 3.63) is 29.8 Å². The SMILES string of the molecule is Cc1ccc(OCC(=O)NCCN(C)C)cc1.OC1CCNC1. The molecule has 2 rings (SSSR count). The van der Waals surface area contributed by atoms with Crippen LogP contribution in [0, 0.1) is 6.92 Å². The molecule has 1 saturated heterocycles. The van der Waals surface area contributed by atoms with Gasteiger partial charge in [0.15, 0.2) is 6.61 Å². The van der Waals surface area contributed by atoms with Crippen molar-refractivity contribution < 1.29 is 14.6 Å². The number of β-amino-alcohol motifs (C(OH)–C–C–N with tert-alkyl or cyclic N) is 1. The van der Waals surface area contributed by atoms with Crippen LogP contribution in [-0.2, 0) is 4.79 Å². The van der Waals surface area contributed by atoms with Gasteiger partial charge in [0.25, 0.3) is 5.91 Å². The third kappa shape index (κ3) is 9.89. The number of aliphatic hydroxyl groups is 1. The van der Waals surface area contributed by atoms with Crippen molar-refractivity contribution in [3.8, 4) is 5.75 Å². The maximum absolute atomic E-state index is 11.4. The lowest BCUT2D eigenvalue weighted by atomic mass is 10.2. The number of nitrogens with zero attached hydrogens (tertiary/aromatic N) is 1. The maximum atomic E-state index is 11.4. The molecule has 1 aromatic rings. The first-order valence-electron chi connectivity index (χ1n) is 7.97. The Hall–Kier alpha value is -1.63. The number of nitrogens with one attached hydrogen (secondary N) is 2. The topological polar surface area (TPSA) is 73.8 Å². The predicted molar refractivity (Wildman–Crippen MR) is 91.7 cm³/mol. The Balaban J connectivity index is 0.000000366. The number of aliphatic hydroxyl groups excluding tert-OH is 1. The summed E-state index contributed by atoms with van der Waals surface area (Å²) in [7, 11) is 3.93. The molecule has 3 N–H and O–H groups in total. The zero-order chi connectivity index (χ0) is 17.1. The van der Waals surface area contributed by atoms with Crippen molar-refractivity contribution in [2.45, 2.75) is 19.4 Å². The van der Waals surface area contributed by atoms with Gasteiger partial charge in [-0.25, -0.2) is 0 Å². The molecule has 1 aromatic carbocycles. The summed E-state index contributed by atoms with van der Waals surface area (Å²) in [4.78, 5) is 13.4. The standard InChI is InChI=1S/C13H20N2O2.C4H9NO/c1-11-4-6-12(7-5-11)17-10-13(16)14-8-9-15(2)3;6-4-1-2-5-3-4/h4-7H,8-10H2,1-3H3,(H,14,16);4-6H,1-3H2. The van der Waals surface area contributed by atoms with E-state index in [2.05, 4.69) is 10.6 Å². The fraction of sp³-hybridized carbons (Fsp3) is 0.588. The van der Waals surface area contributed by atoms with E-state index in [0.29, 0.717) is 6.54 Å². The number of likely N-dealkylation sites (N-methyl/N-ethyl adjacent to an activating group) is 1. The number of hydrogen-bond donors (Lipinski definition) is 3. The van der Waals surface area contributed by atoms with Gasteiger partial charge in [-0.2, -0.15) is 0 Å². The van der Waals surface area contributed by atoms with E-state index in [-0.39, 0.29) is 18.6 Å². The smallest absolute Gasteiger partial charge is 0.257 e. The summed E-state index contributed by atoms with van der Waals surface area (Å²) in [5, 5.41) is 14.5. The largest absolute Gasteiger partial charge is 0.484 e. The molecular formula is C17H29N3O3. The molecule has 1 atom stereocenters. The molecule has 1 aliphatic heterocycles. The van der Waals surface area contributed by atoms with E-state index in [1.54, 1.807) is 0 Å². The second-order valence-corrected chi connectivity index (χ2v) is 5.90. The van der Waals surface area contributed by atoms with Crippen LogP contribution in [0.15, 0.2) is 24.3 Å². The summed E-state index contributed by atoms with van der Waals surface area (Å²) >= 11 is 0. The van der Waals surface area contributed by atoms with E-state index in [9.17, 15) is 4.79 Å². The molecule has 0 aromatic heterocycles. The van der Waals surface area contributed by atoms with Gasteiger partial charge in [0.1, 0.15) is 5.75 Å². The Bertz CT molecular complexity index is 443. The normalized spacial score (nSPS) is 16.7. The fourth-order valence-electron chi connectivity index (χ4n) is 1.89. The van der Waals surface area contributed by atoms with Gasteiger partial charge in [-0.05, 0) is 46.1 Å². The molecule has 0 aliphatic carbocycles. The summed E-state index contributed by atoms with van der Waals surface area (Å²) < 4.78 is 5.35. The molecule has 1 amide bonds. The highest BCUT2D eigenvalue weighted by atomic mass is 16.5. The molecule has 6 heteroatoms. The van der Waals surface area contributed by atoms with Crippen LogP contribution in [0.3, 0.4) is 0 Å². The number of benzene rings is 1. The van der Waals surface area contributed by atoms with Gasteiger partial charge < -0.3 is 25.4 Å². The number of amides is 1. The second kappa shape index (κ2) is 11.0. The molecular weight excluding hydrogens is 294 g/mol. The van der Waals surface area contributed by atoms with E-state index < -0.39 is 0 Å². The third-order valence-corrected chi connectivity index (χ3v) is 3.31. The summed E-state index contributed by atoms with van der Waals surface area (Å²) in [6.45, 7) is 5.33. The first-order chi connectivity index (χ1) is 11.0. The Morgan fingerprint density at radius 1 is 1.39 bits per heavy atom. The Morgan fingerprint density at radius 3 is 2.57 bits per heavy atom. The van der Waals surface area contributed by atoms with Crippen LogP contribution in [0.25, 0.3) is 0 Å². The van der Waals surface area contributed by atoms with Gasteiger partial charge in [0.05, 0.1) is 6.10 Å². The Kier molecular flexibility index (Phi) is 9.28. The van der Waals surface area contributed by atoms with E-state index in [1.807, 2.05) is 50.2 Å². The summed E-state index contributed by atoms with van der Waals surface area (Å²) in [6, 6.07) is 7.64. The van der Waals surface area contributed by atoms with Crippen molar-refractivity contribution in [3.63, 3.8) is 0 Å². The lowest BCUT2D eigenvalue weighted by Gasteiger charge is -2.11. The van der Waals surface area contributed by atoms with Crippen LogP contribution in [0.1, 0.15) is 12.0 Å². The number of aryl methyl sites for hydroxylation is 1. The number of carbonyl (C=O) groups is 1. The monoisotopic (exact) mass is 323 g/mol. The highest BCUT2D eigenvalue weighted by Gasteiger charge is 2.08. The fourth-order valence-corrected chi connectivity index (χ4v) is 1.89. The van der Waals surface area contributed by atoms with Crippen molar-refractivity contribution >= 4 is 5.91 Å². The molecule has 0 bridgehead atoms. The first-order valence-corrected chi connectivity index (χ1v) is 7.97. The first kappa shape index (κ1) is 19.4. The lowest BCUT2D eigenvalue weighted by Crippen LogP contribution is -2.34. The Labute approximate surface area is 138 Å². The van der Waals surface area contributed by atoms with Crippen LogP contribution >= 0.6 is 0 Å². The van der Waals surface area contributed by atoms with Gasteiger partial charge in [0, 0.05) is 19.6 Å². The van der Waals surface area contributed by atoms with Crippen LogP contribution in [0.5, 0.6) is 5.75 Å². The zero-order valence-electron chi connectivity index (χ0n) is 14.3. The third-order valence-electron chi connectivity index (χ3n) is 3.31. The molecule has 0 radical (unpaired) electrons. The minimum Gasteiger partial charge on any atom is -0.484 e. The number of rotatable bonds is 6. The Morgan fingerprint density at radius 2 is 2.09 bits per heavy atom. The second-order valence-electron chi connectivity index (χ2n) is 5.90. The summed E-state index contributed by atoms with van der Waals surface area (Å²) in [5.74, 6) is 0.630. The van der Waals surface area contributed by atoms with Gasteiger partial charge in [-0.3, -0.25) is 4.79 Å². The van der Waals surface area contributed by atoms with Gasteiger partial charge in [0.2, 0.25) is 0 Å². The molecule has 0 saturated carbocycles. The zero-order valence-corrected chi connectivity index (χ0v) is 14.3. The number of ether oxygens (including phenoxy) is 1. The van der Waals surface area contributed by atoms with Crippen LogP contribution in [0.2, 0.25) is 0 Å². The van der Waals surface area contributed by atoms with Gasteiger partial charge >= 0.3 is 0 Å². The molecule has 0 spiro atoms. The van der Waals surface area contributed by atoms with Crippen molar-refractivity contribution in [1.82, 2.24) is 15.5 Å². The highest BCUT2D eigenvalue weighted by molar-refractivity contribution is 5.77. The van der Waals surface area contributed by atoms with E-state index in [4.69, 9.17) is 9.84 Å². The maximum Gasteiger partial charge on any atom is 0.257 e. The lowest BCUT2D eigenvalue weighted by molar-refractivity contribution is -0.123. The number of carbonyl (C=O) groups excluding carboxylic acids is 1.